The summed E-state index contributed by atoms with van der Waals surface area (Å²) < 4.78 is 0. The van der Waals surface area contributed by atoms with Gasteiger partial charge in [0.05, 0.1) is 6.61 Å². The van der Waals surface area contributed by atoms with Gasteiger partial charge in [-0.05, 0) is 18.2 Å². The van der Waals surface area contributed by atoms with Gasteiger partial charge in [-0.15, -0.1) is 11.8 Å². The summed E-state index contributed by atoms with van der Waals surface area (Å²) in [6, 6.07) is 5.15. The number of carbonyl (C=O) groups excluding carboxylic acids is 1. The van der Waals surface area contributed by atoms with Gasteiger partial charge in [0.1, 0.15) is 0 Å². The highest BCUT2D eigenvalue weighted by atomic mass is 32.2. The van der Waals surface area contributed by atoms with E-state index in [-0.39, 0.29) is 12.5 Å². The number of benzene rings is 1. The number of hydrogen-bond donors (Lipinski definition) is 3. The van der Waals surface area contributed by atoms with E-state index in [0.29, 0.717) is 17.0 Å². The van der Waals surface area contributed by atoms with Gasteiger partial charge in [-0.3, -0.25) is 4.79 Å². The van der Waals surface area contributed by atoms with Crippen molar-refractivity contribution in [3.63, 3.8) is 0 Å². The topological polar surface area (TPSA) is 75.3 Å². The van der Waals surface area contributed by atoms with Gasteiger partial charge in [0.25, 0.3) is 5.91 Å². The Balaban J connectivity index is 2.83. The Morgan fingerprint density at radius 1 is 1.60 bits per heavy atom. The molecule has 0 fully saturated rings. The molecule has 0 unspecified atom stereocenters. The molecule has 0 bridgehead atoms. The maximum atomic E-state index is 11.3. The van der Waals surface area contributed by atoms with E-state index in [0.717, 1.165) is 4.90 Å². The van der Waals surface area contributed by atoms with Crippen molar-refractivity contribution >= 4 is 23.4 Å². The largest absolute Gasteiger partial charge is 0.398 e. The van der Waals surface area contributed by atoms with E-state index in [1.165, 1.54) is 11.8 Å². The molecule has 1 aromatic rings. The smallest absolute Gasteiger partial charge is 0.251 e. The predicted octanol–water partition coefficient (Wildman–Crippen LogP) is 0.713. The molecule has 82 valence electrons. The first-order valence-corrected chi connectivity index (χ1v) is 5.53. The molecule has 0 saturated heterocycles. The van der Waals surface area contributed by atoms with Gasteiger partial charge < -0.3 is 16.2 Å². The second-order valence-electron chi connectivity index (χ2n) is 2.90. The van der Waals surface area contributed by atoms with Gasteiger partial charge in [0.15, 0.2) is 0 Å². The van der Waals surface area contributed by atoms with E-state index in [9.17, 15) is 4.79 Å². The van der Waals surface area contributed by atoms with Crippen LogP contribution >= 0.6 is 11.8 Å². The first-order valence-electron chi connectivity index (χ1n) is 4.54. The van der Waals surface area contributed by atoms with E-state index < -0.39 is 0 Å². The van der Waals surface area contributed by atoms with Crippen LogP contribution < -0.4 is 11.1 Å². The van der Waals surface area contributed by atoms with Crippen LogP contribution in [-0.2, 0) is 0 Å². The molecule has 1 aromatic carbocycles. The highest BCUT2D eigenvalue weighted by molar-refractivity contribution is 7.99. The maximum absolute atomic E-state index is 11.3. The van der Waals surface area contributed by atoms with E-state index in [1.807, 2.05) is 0 Å². The molecule has 0 spiro atoms. The number of amides is 1. The Bertz CT molecular complexity index is 355. The molecule has 0 aliphatic carbocycles. The number of thioether (sulfide) groups is 1. The lowest BCUT2D eigenvalue weighted by Gasteiger charge is -2.06. The number of hydrogen-bond acceptors (Lipinski definition) is 4. The molecule has 5 heteroatoms. The molecule has 0 aliphatic heterocycles. The van der Waals surface area contributed by atoms with Crippen molar-refractivity contribution in [3.8, 4) is 0 Å². The molecule has 4 N–H and O–H groups in total. The molecular weight excluding hydrogens is 212 g/mol. The Morgan fingerprint density at radius 3 is 2.87 bits per heavy atom. The lowest BCUT2D eigenvalue weighted by Crippen LogP contribution is -2.17. The normalized spacial score (nSPS) is 10.0. The second-order valence-corrected chi connectivity index (χ2v) is 4.04. The molecule has 1 amide bonds. The third-order valence-corrected chi connectivity index (χ3v) is 2.92. The first kappa shape index (κ1) is 11.9. The zero-order chi connectivity index (χ0) is 11.3. The first-order chi connectivity index (χ1) is 7.19. The van der Waals surface area contributed by atoms with Gasteiger partial charge >= 0.3 is 0 Å². The minimum absolute atomic E-state index is 0.112. The third-order valence-electron chi connectivity index (χ3n) is 1.85. The number of nitrogens with two attached hydrogens (primary N) is 1. The summed E-state index contributed by atoms with van der Waals surface area (Å²) in [7, 11) is 1.58. The summed E-state index contributed by atoms with van der Waals surface area (Å²) in [5, 5.41) is 11.2. The van der Waals surface area contributed by atoms with E-state index in [4.69, 9.17) is 10.8 Å². The maximum Gasteiger partial charge on any atom is 0.251 e. The van der Waals surface area contributed by atoms with Gasteiger partial charge in [0, 0.05) is 28.9 Å². The van der Waals surface area contributed by atoms with Crippen molar-refractivity contribution in [2.24, 2.45) is 0 Å². The number of rotatable bonds is 4. The second kappa shape index (κ2) is 5.63. The van der Waals surface area contributed by atoms with Crippen molar-refractivity contribution < 1.29 is 9.90 Å². The number of carbonyl (C=O) groups is 1. The van der Waals surface area contributed by atoms with E-state index in [1.54, 1.807) is 25.2 Å². The average molecular weight is 226 g/mol. The minimum atomic E-state index is -0.152. The number of nitrogens with one attached hydrogen (secondary N) is 1. The van der Waals surface area contributed by atoms with Crippen molar-refractivity contribution in [3.05, 3.63) is 23.8 Å². The number of anilines is 1. The van der Waals surface area contributed by atoms with Crippen LogP contribution in [0.5, 0.6) is 0 Å². The summed E-state index contributed by atoms with van der Waals surface area (Å²) in [5.41, 5.74) is 6.88. The molecule has 0 radical (unpaired) electrons. The fourth-order valence-corrected chi connectivity index (χ4v) is 1.82. The zero-order valence-electron chi connectivity index (χ0n) is 8.49. The van der Waals surface area contributed by atoms with Crippen LogP contribution in [0.25, 0.3) is 0 Å². The van der Waals surface area contributed by atoms with Crippen LogP contribution in [0.3, 0.4) is 0 Å². The van der Waals surface area contributed by atoms with Crippen molar-refractivity contribution in [1.82, 2.24) is 5.32 Å². The van der Waals surface area contributed by atoms with Crippen LogP contribution in [0.15, 0.2) is 23.1 Å². The molecule has 0 aliphatic rings. The number of aliphatic hydroxyl groups is 1. The van der Waals surface area contributed by atoms with E-state index >= 15 is 0 Å². The van der Waals surface area contributed by atoms with Crippen molar-refractivity contribution in [2.45, 2.75) is 4.90 Å². The van der Waals surface area contributed by atoms with Crippen LogP contribution in [0.4, 0.5) is 5.69 Å². The monoisotopic (exact) mass is 226 g/mol. The molecule has 15 heavy (non-hydrogen) atoms. The average Bonchev–Trinajstić information content (AvgIpc) is 2.26. The predicted molar refractivity (Wildman–Crippen MR) is 62.1 cm³/mol. The van der Waals surface area contributed by atoms with E-state index in [2.05, 4.69) is 5.32 Å². The highest BCUT2D eigenvalue weighted by Crippen LogP contribution is 2.25. The molecule has 4 nitrogen and oxygen atoms in total. The number of nitrogen functional groups attached to an aromatic ring is 1. The van der Waals surface area contributed by atoms with Crippen LogP contribution in [0.2, 0.25) is 0 Å². The van der Waals surface area contributed by atoms with Crippen LogP contribution in [0, 0.1) is 0 Å². The van der Waals surface area contributed by atoms with Crippen LogP contribution in [-0.4, -0.2) is 30.4 Å². The highest BCUT2D eigenvalue weighted by Gasteiger charge is 2.06. The van der Waals surface area contributed by atoms with Gasteiger partial charge in [-0.1, -0.05) is 0 Å². The van der Waals surface area contributed by atoms with Crippen LogP contribution in [0.1, 0.15) is 10.4 Å². The Hall–Kier alpha value is -1.20. The lowest BCUT2D eigenvalue weighted by molar-refractivity contribution is 0.0963. The fraction of sp³-hybridized carbons (Fsp3) is 0.300. The SMILES string of the molecule is CNC(=O)c1ccc(SCCO)c(N)c1. The summed E-state index contributed by atoms with van der Waals surface area (Å²) in [6.45, 7) is 0.112. The van der Waals surface area contributed by atoms with Gasteiger partial charge in [-0.25, -0.2) is 0 Å². The lowest BCUT2D eigenvalue weighted by atomic mass is 10.2. The third kappa shape index (κ3) is 3.14. The zero-order valence-corrected chi connectivity index (χ0v) is 9.30. The standard InChI is InChI=1S/C10H14N2O2S/c1-12-10(14)7-2-3-9(8(11)6-7)15-5-4-13/h2-3,6,13H,4-5,11H2,1H3,(H,12,14). The quantitative estimate of drug-likeness (QED) is 0.522. The molecule has 0 saturated carbocycles. The minimum Gasteiger partial charge on any atom is -0.398 e. The molecule has 0 heterocycles. The fourth-order valence-electron chi connectivity index (χ4n) is 1.12. The Morgan fingerprint density at radius 2 is 2.33 bits per heavy atom. The summed E-state index contributed by atoms with van der Waals surface area (Å²) in [6.07, 6.45) is 0. The van der Waals surface area contributed by atoms with Gasteiger partial charge in [0.2, 0.25) is 0 Å². The molecule has 0 atom stereocenters. The van der Waals surface area contributed by atoms with Gasteiger partial charge in [-0.2, -0.15) is 0 Å². The Kier molecular flexibility index (Phi) is 4.45. The Labute approximate surface area is 92.9 Å². The van der Waals surface area contributed by atoms with Crippen molar-refractivity contribution in [1.29, 1.82) is 0 Å². The number of aliphatic hydroxyl groups excluding tert-OH is 1. The van der Waals surface area contributed by atoms with Crippen molar-refractivity contribution in [2.75, 3.05) is 25.1 Å². The summed E-state index contributed by atoms with van der Waals surface area (Å²) in [5.74, 6) is 0.448. The molecule has 1 rings (SSSR count). The summed E-state index contributed by atoms with van der Waals surface area (Å²) >= 11 is 1.47. The summed E-state index contributed by atoms with van der Waals surface area (Å²) in [4.78, 5) is 12.2. The molecular formula is C10H14N2O2S. The molecule has 0 aromatic heterocycles.